The van der Waals surface area contributed by atoms with Gasteiger partial charge in [0.05, 0.1) is 39.0 Å². The predicted octanol–water partition coefficient (Wildman–Crippen LogP) is 5.32. The van der Waals surface area contributed by atoms with Crippen molar-refractivity contribution in [3.05, 3.63) is 12.2 Å². The lowest BCUT2D eigenvalue weighted by atomic mass is 10.1. The van der Waals surface area contributed by atoms with E-state index in [1.54, 1.807) is 0 Å². The van der Waals surface area contributed by atoms with Gasteiger partial charge in [-0.25, -0.2) is 0 Å². The molecule has 0 aliphatic rings. The highest BCUT2D eigenvalue weighted by atomic mass is 16.4. The molecule has 0 bridgehead atoms. The Labute approximate surface area is 213 Å². The first kappa shape index (κ1) is 33.1. The fraction of sp³-hybridized carbons (Fsp3) is 0.821. The molecule has 0 saturated heterocycles. The summed E-state index contributed by atoms with van der Waals surface area (Å²) in [7, 11) is 0. The third kappa shape index (κ3) is 22.3. The fourth-order valence-corrected chi connectivity index (χ4v) is 4.64. The molecule has 0 atom stereocenters. The maximum atomic E-state index is 11.0. The highest BCUT2D eigenvalue weighted by Crippen LogP contribution is 2.16. The van der Waals surface area contributed by atoms with E-state index in [2.05, 4.69) is 19.1 Å². The molecule has 0 aliphatic carbocycles. The van der Waals surface area contributed by atoms with E-state index in [9.17, 15) is 19.5 Å². The van der Waals surface area contributed by atoms with Crippen molar-refractivity contribution < 1.29 is 34.2 Å². The zero-order valence-electron chi connectivity index (χ0n) is 22.2. The highest BCUT2D eigenvalue weighted by Gasteiger charge is 2.26. The molecule has 0 unspecified atom stereocenters. The normalized spacial score (nSPS) is 11.8. The second-order valence-corrected chi connectivity index (χ2v) is 9.96. The van der Waals surface area contributed by atoms with Gasteiger partial charge in [0.2, 0.25) is 0 Å². The Kier molecular flexibility index (Phi) is 21.3. The Morgan fingerprint density at radius 3 is 1.49 bits per heavy atom. The summed E-state index contributed by atoms with van der Waals surface area (Å²) in [6, 6.07) is 0. The van der Waals surface area contributed by atoms with Gasteiger partial charge in [0.1, 0.15) is 0 Å². The Morgan fingerprint density at radius 1 is 0.629 bits per heavy atom. The number of carboxylic acid groups (broad SMARTS) is 3. The van der Waals surface area contributed by atoms with E-state index in [0.29, 0.717) is 49.9 Å². The van der Waals surface area contributed by atoms with E-state index in [1.165, 1.54) is 64.2 Å². The van der Waals surface area contributed by atoms with Crippen molar-refractivity contribution in [2.24, 2.45) is 0 Å². The molecule has 0 spiro atoms. The summed E-state index contributed by atoms with van der Waals surface area (Å²) in [6.45, 7) is 4.69. The van der Waals surface area contributed by atoms with Crippen LogP contribution in [0.5, 0.6) is 0 Å². The largest absolute Gasteiger partial charge is 0.550 e. The molecule has 0 amide bonds. The van der Waals surface area contributed by atoms with Gasteiger partial charge in [-0.05, 0) is 25.3 Å². The molecular weight excluding hydrogens is 446 g/mol. The van der Waals surface area contributed by atoms with E-state index in [0.717, 1.165) is 12.8 Å². The van der Waals surface area contributed by atoms with Gasteiger partial charge in [0.25, 0.3) is 0 Å². The van der Waals surface area contributed by atoms with E-state index < -0.39 is 17.9 Å². The molecule has 7 nitrogen and oxygen atoms in total. The standard InChI is InChI=1S/C28H51NO6/c1-2-3-4-5-6-7-8-9-10-11-12-13-14-15-22-29(23-16-19-26(30)31,24-17-20-27(32)33)25-18-21-28(34)35/h14-15H,2-13,16-25H2,1H3,(H2-,30,31,32,33,34,35)/b15-14+. The van der Waals surface area contributed by atoms with Crippen LogP contribution in [0.25, 0.3) is 0 Å². The second kappa shape index (κ2) is 22.6. The van der Waals surface area contributed by atoms with Crippen LogP contribution in [0.15, 0.2) is 12.2 Å². The number of unbranched alkanes of at least 4 members (excludes halogenated alkanes) is 11. The Balaban J connectivity index is 4.49. The van der Waals surface area contributed by atoms with Crippen LogP contribution < -0.4 is 5.11 Å². The van der Waals surface area contributed by atoms with Crippen molar-refractivity contribution in [1.29, 1.82) is 0 Å². The van der Waals surface area contributed by atoms with Crippen molar-refractivity contribution in [2.45, 2.75) is 122 Å². The van der Waals surface area contributed by atoms with Crippen LogP contribution >= 0.6 is 0 Å². The molecule has 0 aliphatic heterocycles. The number of aliphatic carboxylic acids is 3. The van der Waals surface area contributed by atoms with Gasteiger partial charge >= 0.3 is 11.9 Å². The van der Waals surface area contributed by atoms with Gasteiger partial charge in [-0.15, -0.1) is 0 Å². The van der Waals surface area contributed by atoms with Crippen LogP contribution in [0, 0.1) is 0 Å². The number of hydrogen-bond donors (Lipinski definition) is 2. The van der Waals surface area contributed by atoms with Gasteiger partial charge in [0, 0.05) is 25.2 Å². The Hall–Kier alpha value is -1.89. The number of hydrogen-bond acceptors (Lipinski definition) is 4. The van der Waals surface area contributed by atoms with Crippen LogP contribution in [0.1, 0.15) is 122 Å². The molecule has 35 heavy (non-hydrogen) atoms. The highest BCUT2D eigenvalue weighted by molar-refractivity contribution is 5.66. The third-order valence-corrected chi connectivity index (χ3v) is 6.69. The number of carboxylic acids is 3. The number of rotatable bonds is 26. The molecule has 0 aromatic carbocycles. The molecule has 0 aromatic rings. The summed E-state index contributed by atoms with van der Waals surface area (Å²) >= 11 is 0. The first-order valence-corrected chi connectivity index (χ1v) is 13.9. The molecule has 0 aromatic heterocycles. The van der Waals surface area contributed by atoms with Crippen LogP contribution in [-0.4, -0.2) is 58.8 Å². The van der Waals surface area contributed by atoms with Gasteiger partial charge in [-0.3, -0.25) is 9.59 Å². The summed E-state index contributed by atoms with van der Waals surface area (Å²) in [5.74, 6) is -2.79. The minimum absolute atomic E-state index is 0.0414. The quantitative estimate of drug-likeness (QED) is 0.0949. The SMILES string of the molecule is CCCCCCCCCCCCC/C=C/C[N+](CCCC(=O)[O-])(CCCC(=O)O)CCCC(=O)O. The zero-order chi connectivity index (χ0) is 26.2. The van der Waals surface area contributed by atoms with E-state index >= 15 is 0 Å². The molecule has 7 heteroatoms. The number of carbonyl (C=O) groups is 3. The van der Waals surface area contributed by atoms with Gasteiger partial charge < -0.3 is 24.6 Å². The lowest BCUT2D eigenvalue weighted by Crippen LogP contribution is -2.50. The number of nitrogens with zero attached hydrogens (tertiary/aromatic N) is 1. The average Bonchev–Trinajstić information content (AvgIpc) is 2.78. The molecule has 204 valence electrons. The summed E-state index contributed by atoms with van der Waals surface area (Å²) in [5.41, 5.74) is 0. The monoisotopic (exact) mass is 497 g/mol. The Bertz CT molecular complexity index is 540. The fourth-order valence-electron chi connectivity index (χ4n) is 4.64. The molecule has 0 rings (SSSR count). The molecule has 0 fully saturated rings. The van der Waals surface area contributed by atoms with Crippen molar-refractivity contribution in [3.63, 3.8) is 0 Å². The van der Waals surface area contributed by atoms with E-state index in [4.69, 9.17) is 10.2 Å². The van der Waals surface area contributed by atoms with E-state index in [-0.39, 0.29) is 19.3 Å². The van der Waals surface area contributed by atoms with Crippen molar-refractivity contribution in [1.82, 2.24) is 0 Å². The smallest absolute Gasteiger partial charge is 0.303 e. The zero-order valence-corrected chi connectivity index (χ0v) is 22.2. The van der Waals surface area contributed by atoms with Gasteiger partial charge in [-0.2, -0.15) is 0 Å². The van der Waals surface area contributed by atoms with Crippen molar-refractivity contribution in [2.75, 3.05) is 26.2 Å². The van der Waals surface area contributed by atoms with Crippen LogP contribution in [0.4, 0.5) is 0 Å². The molecule has 0 heterocycles. The Morgan fingerprint density at radius 2 is 1.06 bits per heavy atom. The van der Waals surface area contributed by atoms with Crippen molar-refractivity contribution in [3.8, 4) is 0 Å². The minimum atomic E-state index is -1.09. The molecule has 0 saturated carbocycles. The third-order valence-electron chi connectivity index (χ3n) is 6.69. The first-order chi connectivity index (χ1) is 16.8. The average molecular weight is 498 g/mol. The van der Waals surface area contributed by atoms with Crippen LogP contribution in [0.2, 0.25) is 0 Å². The van der Waals surface area contributed by atoms with E-state index in [1.807, 2.05) is 0 Å². The second-order valence-electron chi connectivity index (χ2n) is 9.96. The minimum Gasteiger partial charge on any atom is -0.550 e. The summed E-state index contributed by atoms with van der Waals surface area (Å²) < 4.78 is 0.530. The molecule has 2 N–H and O–H groups in total. The summed E-state index contributed by atoms with van der Waals surface area (Å²) in [6.07, 6.45) is 21.2. The summed E-state index contributed by atoms with van der Waals surface area (Å²) in [4.78, 5) is 32.9. The molecule has 0 radical (unpaired) electrons. The maximum absolute atomic E-state index is 11.0. The van der Waals surface area contributed by atoms with Crippen molar-refractivity contribution >= 4 is 17.9 Å². The lowest BCUT2D eigenvalue weighted by molar-refractivity contribution is -0.923. The van der Waals surface area contributed by atoms with Crippen LogP contribution in [0.3, 0.4) is 0 Å². The maximum Gasteiger partial charge on any atom is 0.303 e. The lowest BCUT2D eigenvalue weighted by Gasteiger charge is -2.38. The summed E-state index contributed by atoms with van der Waals surface area (Å²) in [5, 5.41) is 29.0. The first-order valence-electron chi connectivity index (χ1n) is 13.9. The number of quaternary nitrogens is 1. The topological polar surface area (TPSA) is 115 Å². The van der Waals surface area contributed by atoms with Gasteiger partial charge in [0.15, 0.2) is 0 Å². The number of carbonyl (C=O) groups excluding carboxylic acids is 1. The predicted molar refractivity (Wildman–Crippen MR) is 138 cm³/mol. The van der Waals surface area contributed by atoms with Crippen LogP contribution in [-0.2, 0) is 14.4 Å². The number of allylic oxidation sites excluding steroid dienone is 1. The van der Waals surface area contributed by atoms with Gasteiger partial charge in [-0.1, -0.05) is 77.2 Å². The molecular formula is C28H51NO6.